The smallest absolute Gasteiger partial charge is 0.254 e. The zero-order chi connectivity index (χ0) is 18.5. The Balaban J connectivity index is 1.59. The number of nitrogens with one attached hydrogen (secondary N) is 2. The van der Waals surface area contributed by atoms with Gasteiger partial charge >= 0.3 is 0 Å². The Morgan fingerprint density at radius 2 is 2.08 bits per heavy atom. The van der Waals surface area contributed by atoms with Crippen LogP contribution in [0.15, 0.2) is 36.9 Å². The van der Waals surface area contributed by atoms with Crippen molar-refractivity contribution in [3.63, 3.8) is 0 Å². The Hall–Kier alpha value is -3.36. The zero-order valence-corrected chi connectivity index (χ0v) is 14.4. The number of aryl methyl sites for hydroxylation is 2. The van der Waals surface area contributed by atoms with E-state index in [0.29, 0.717) is 30.5 Å². The Bertz CT molecular complexity index is 925. The number of imidazole rings is 1. The Morgan fingerprint density at radius 3 is 2.81 bits per heavy atom. The summed E-state index contributed by atoms with van der Waals surface area (Å²) in [7, 11) is 0. The number of pyridine rings is 1. The van der Waals surface area contributed by atoms with Crippen LogP contribution in [0.5, 0.6) is 0 Å². The van der Waals surface area contributed by atoms with Crippen molar-refractivity contribution in [1.82, 2.24) is 29.8 Å². The molecule has 0 unspecified atom stereocenters. The summed E-state index contributed by atoms with van der Waals surface area (Å²) in [5.41, 5.74) is -0.0317. The highest BCUT2D eigenvalue weighted by molar-refractivity contribution is 5.94. The van der Waals surface area contributed by atoms with Crippen molar-refractivity contribution in [3.8, 4) is 5.82 Å². The van der Waals surface area contributed by atoms with Crippen LogP contribution < -0.4 is 10.6 Å². The SMILES string of the molecule is Cc1nc(NCCNC(=O)c2ccncc2F)cc(-n2ccnc2C)n1. The lowest BCUT2D eigenvalue weighted by molar-refractivity contribution is 0.0951. The van der Waals surface area contributed by atoms with E-state index in [1.54, 1.807) is 19.2 Å². The summed E-state index contributed by atoms with van der Waals surface area (Å²) >= 11 is 0. The lowest BCUT2D eigenvalue weighted by atomic mass is 10.2. The maximum Gasteiger partial charge on any atom is 0.254 e. The molecule has 0 aliphatic rings. The van der Waals surface area contributed by atoms with Crippen molar-refractivity contribution >= 4 is 11.7 Å². The molecular weight excluding hydrogens is 337 g/mol. The molecule has 3 aromatic rings. The molecule has 0 bridgehead atoms. The van der Waals surface area contributed by atoms with Crippen molar-refractivity contribution in [2.45, 2.75) is 13.8 Å². The van der Waals surface area contributed by atoms with Crippen molar-refractivity contribution in [3.05, 3.63) is 59.9 Å². The van der Waals surface area contributed by atoms with Crippen molar-refractivity contribution in [2.75, 3.05) is 18.4 Å². The van der Waals surface area contributed by atoms with Gasteiger partial charge in [-0.1, -0.05) is 0 Å². The Morgan fingerprint density at radius 1 is 1.23 bits per heavy atom. The maximum absolute atomic E-state index is 13.5. The molecule has 1 amide bonds. The average molecular weight is 355 g/mol. The van der Waals surface area contributed by atoms with Gasteiger partial charge in [-0.3, -0.25) is 14.3 Å². The predicted molar refractivity (Wildman–Crippen MR) is 93.6 cm³/mol. The van der Waals surface area contributed by atoms with Gasteiger partial charge in [0, 0.05) is 37.7 Å². The third-order valence-electron chi connectivity index (χ3n) is 3.63. The van der Waals surface area contributed by atoms with E-state index in [9.17, 15) is 9.18 Å². The van der Waals surface area contributed by atoms with Gasteiger partial charge in [-0.25, -0.2) is 19.3 Å². The normalized spacial score (nSPS) is 10.6. The van der Waals surface area contributed by atoms with Crippen LogP contribution in [0.2, 0.25) is 0 Å². The van der Waals surface area contributed by atoms with Crippen LogP contribution in [0.1, 0.15) is 22.0 Å². The molecule has 3 heterocycles. The molecule has 0 radical (unpaired) electrons. The molecule has 2 N–H and O–H groups in total. The molecule has 3 rings (SSSR count). The number of aromatic nitrogens is 5. The van der Waals surface area contributed by atoms with Gasteiger partial charge in [-0.15, -0.1) is 0 Å². The second-order valence-corrected chi connectivity index (χ2v) is 5.54. The summed E-state index contributed by atoms with van der Waals surface area (Å²) < 4.78 is 15.4. The lowest BCUT2D eigenvalue weighted by Gasteiger charge is -2.10. The number of carbonyl (C=O) groups is 1. The number of halogens is 1. The van der Waals surface area contributed by atoms with E-state index in [1.165, 1.54) is 12.3 Å². The van der Waals surface area contributed by atoms with Gasteiger partial charge in [0.25, 0.3) is 5.91 Å². The fourth-order valence-electron chi connectivity index (χ4n) is 2.41. The number of hydrogen-bond acceptors (Lipinski definition) is 6. The number of hydrogen-bond donors (Lipinski definition) is 2. The minimum atomic E-state index is -0.648. The molecule has 0 saturated carbocycles. The molecule has 0 spiro atoms. The van der Waals surface area contributed by atoms with Crippen LogP contribution in [0.4, 0.5) is 10.2 Å². The van der Waals surface area contributed by atoms with E-state index >= 15 is 0 Å². The first kappa shape index (κ1) is 17.5. The molecule has 0 aromatic carbocycles. The number of anilines is 1. The standard InChI is InChI=1S/C17H18FN7O/c1-11-23-15(9-16(24-11)25-8-7-20-12(25)2)21-5-6-22-17(26)13-3-4-19-10-14(13)18/h3-4,7-10H,5-6H2,1-2H3,(H,22,26)(H,21,23,24). The van der Waals surface area contributed by atoms with E-state index in [4.69, 9.17) is 0 Å². The fraction of sp³-hybridized carbons (Fsp3) is 0.235. The van der Waals surface area contributed by atoms with Gasteiger partial charge < -0.3 is 10.6 Å². The number of carbonyl (C=O) groups excluding carboxylic acids is 1. The molecular formula is C17H18FN7O. The summed E-state index contributed by atoms with van der Waals surface area (Å²) in [4.78, 5) is 28.5. The summed E-state index contributed by atoms with van der Waals surface area (Å²) in [6.45, 7) is 4.42. The summed E-state index contributed by atoms with van der Waals surface area (Å²) in [6.07, 6.45) is 5.91. The molecule has 0 saturated heterocycles. The lowest BCUT2D eigenvalue weighted by Crippen LogP contribution is -2.29. The molecule has 0 atom stereocenters. The molecule has 0 aliphatic carbocycles. The summed E-state index contributed by atoms with van der Waals surface area (Å²) in [5.74, 6) is 1.63. The first-order valence-corrected chi connectivity index (χ1v) is 8.02. The molecule has 0 aliphatic heterocycles. The van der Waals surface area contributed by atoms with Gasteiger partial charge in [0.15, 0.2) is 5.82 Å². The topological polar surface area (TPSA) is 97.6 Å². The first-order valence-electron chi connectivity index (χ1n) is 8.02. The van der Waals surface area contributed by atoms with E-state index in [-0.39, 0.29) is 5.56 Å². The third kappa shape index (κ3) is 4.00. The second-order valence-electron chi connectivity index (χ2n) is 5.54. The van der Waals surface area contributed by atoms with Gasteiger partial charge in [0.1, 0.15) is 23.3 Å². The molecule has 26 heavy (non-hydrogen) atoms. The maximum atomic E-state index is 13.5. The highest BCUT2D eigenvalue weighted by Crippen LogP contribution is 2.12. The van der Waals surface area contributed by atoms with E-state index in [2.05, 4.69) is 30.6 Å². The van der Waals surface area contributed by atoms with Crippen LogP contribution in [-0.4, -0.2) is 43.5 Å². The second kappa shape index (κ2) is 7.68. The molecule has 0 fully saturated rings. The Labute approximate surface area is 149 Å². The van der Waals surface area contributed by atoms with Gasteiger partial charge in [-0.2, -0.15) is 0 Å². The van der Waals surface area contributed by atoms with Gasteiger partial charge in [-0.05, 0) is 19.9 Å². The molecule has 8 nitrogen and oxygen atoms in total. The van der Waals surface area contributed by atoms with Crippen LogP contribution >= 0.6 is 0 Å². The quantitative estimate of drug-likeness (QED) is 0.653. The molecule has 134 valence electrons. The monoisotopic (exact) mass is 355 g/mol. The first-order chi connectivity index (χ1) is 12.5. The van der Waals surface area contributed by atoms with E-state index in [0.717, 1.165) is 12.0 Å². The van der Waals surface area contributed by atoms with Crippen LogP contribution in [0.3, 0.4) is 0 Å². The van der Waals surface area contributed by atoms with Crippen molar-refractivity contribution in [2.24, 2.45) is 0 Å². The average Bonchev–Trinajstić information content (AvgIpc) is 3.04. The number of amides is 1. The van der Waals surface area contributed by atoms with E-state index < -0.39 is 11.7 Å². The van der Waals surface area contributed by atoms with Gasteiger partial charge in [0.2, 0.25) is 0 Å². The number of nitrogens with zero attached hydrogens (tertiary/aromatic N) is 5. The third-order valence-corrected chi connectivity index (χ3v) is 3.63. The van der Waals surface area contributed by atoms with Crippen LogP contribution in [-0.2, 0) is 0 Å². The zero-order valence-electron chi connectivity index (χ0n) is 14.4. The number of rotatable bonds is 6. The minimum absolute atomic E-state index is 0.0317. The highest BCUT2D eigenvalue weighted by atomic mass is 19.1. The van der Waals surface area contributed by atoms with Gasteiger partial charge in [0.05, 0.1) is 11.8 Å². The molecule has 9 heteroatoms. The Kier molecular flexibility index (Phi) is 5.16. The predicted octanol–water partition coefficient (Wildman–Crippen LogP) is 1.66. The van der Waals surface area contributed by atoms with Crippen molar-refractivity contribution in [1.29, 1.82) is 0 Å². The minimum Gasteiger partial charge on any atom is -0.368 e. The largest absolute Gasteiger partial charge is 0.368 e. The highest BCUT2D eigenvalue weighted by Gasteiger charge is 2.10. The van der Waals surface area contributed by atoms with Crippen molar-refractivity contribution < 1.29 is 9.18 Å². The summed E-state index contributed by atoms with van der Waals surface area (Å²) in [5, 5.41) is 5.77. The molecule has 3 aromatic heterocycles. The summed E-state index contributed by atoms with van der Waals surface area (Å²) in [6, 6.07) is 3.14. The van der Waals surface area contributed by atoms with Crippen LogP contribution in [0, 0.1) is 19.7 Å². The fourth-order valence-corrected chi connectivity index (χ4v) is 2.41. The van der Waals surface area contributed by atoms with E-state index in [1.807, 2.05) is 17.7 Å². The van der Waals surface area contributed by atoms with Crippen LogP contribution in [0.25, 0.3) is 5.82 Å².